The Labute approximate surface area is 189 Å². The lowest BCUT2D eigenvalue weighted by molar-refractivity contribution is -0.143. The van der Waals surface area contributed by atoms with Crippen LogP contribution in [0.4, 0.5) is 4.79 Å². The van der Waals surface area contributed by atoms with Gasteiger partial charge in [-0.1, -0.05) is 60.7 Å². The Hall–Kier alpha value is -2.90. The molecule has 3 rings (SSSR count). The summed E-state index contributed by atoms with van der Waals surface area (Å²) in [5.74, 6) is -0.240. The molecule has 1 saturated heterocycles. The third kappa shape index (κ3) is 7.35. The van der Waals surface area contributed by atoms with Crippen LogP contribution in [-0.2, 0) is 27.4 Å². The fraction of sp³-hybridized carbons (Fsp3) is 0.440. The van der Waals surface area contributed by atoms with Crippen LogP contribution in [0.2, 0.25) is 0 Å². The molecule has 2 atom stereocenters. The molecule has 1 fully saturated rings. The number of carbonyl (C=O) groups is 2. The number of benzene rings is 2. The fourth-order valence-corrected chi connectivity index (χ4v) is 4.05. The number of hydrogen-bond donors (Lipinski definition) is 1. The summed E-state index contributed by atoms with van der Waals surface area (Å²) in [5, 5.41) is 9.76. The van der Waals surface area contributed by atoms with Crippen molar-refractivity contribution in [3.63, 3.8) is 0 Å². The Morgan fingerprint density at radius 2 is 1.72 bits per heavy atom. The molecule has 1 heterocycles. The van der Waals surface area contributed by atoms with E-state index in [2.05, 4.69) is 4.90 Å². The number of rotatable bonds is 11. The van der Waals surface area contributed by atoms with Gasteiger partial charge in [-0.05, 0) is 24.5 Å². The quantitative estimate of drug-likeness (QED) is 0.536. The van der Waals surface area contributed by atoms with Crippen LogP contribution in [-0.4, -0.2) is 65.4 Å². The first-order valence-electron chi connectivity index (χ1n) is 11.1. The lowest BCUT2D eigenvalue weighted by Gasteiger charge is -2.29. The van der Waals surface area contributed by atoms with Crippen LogP contribution in [0, 0.1) is 0 Å². The number of ether oxygens (including phenoxy) is 2. The maximum Gasteiger partial charge on any atom is 0.407 e. The van der Waals surface area contributed by atoms with Crippen LogP contribution in [0.1, 0.15) is 30.9 Å². The summed E-state index contributed by atoms with van der Waals surface area (Å²) >= 11 is 0. The number of esters is 1. The predicted molar refractivity (Wildman–Crippen MR) is 121 cm³/mol. The van der Waals surface area contributed by atoms with Crippen molar-refractivity contribution in [3.8, 4) is 0 Å². The molecule has 1 amide bonds. The van der Waals surface area contributed by atoms with Gasteiger partial charge >= 0.3 is 12.1 Å². The molecule has 1 aliphatic rings. The molecule has 32 heavy (non-hydrogen) atoms. The fourth-order valence-electron chi connectivity index (χ4n) is 4.05. The van der Waals surface area contributed by atoms with Crippen LogP contribution in [0.3, 0.4) is 0 Å². The first-order chi connectivity index (χ1) is 15.5. The molecule has 0 bridgehead atoms. The third-order valence-corrected chi connectivity index (χ3v) is 5.61. The van der Waals surface area contributed by atoms with Crippen molar-refractivity contribution in [2.75, 3.05) is 26.2 Å². The van der Waals surface area contributed by atoms with E-state index in [9.17, 15) is 14.7 Å². The van der Waals surface area contributed by atoms with E-state index in [1.54, 1.807) is 6.92 Å². The number of carbonyl (C=O) groups excluding carboxylic acids is 1. The zero-order chi connectivity index (χ0) is 22.8. The van der Waals surface area contributed by atoms with Gasteiger partial charge in [0.2, 0.25) is 0 Å². The lowest BCUT2D eigenvalue weighted by Crippen LogP contribution is -2.43. The van der Waals surface area contributed by atoms with Gasteiger partial charge in [-0.15, -0.1) is 0 Å². The Morgan fingerprint density at radius 1 is 1.06 bits per heavy atom. The van der Waals surface area contributed by atoms with Crippen molar-refractivity contribution in [2.24, 2.45) is 0 Å². The SMILES string of the molecule is CCOC(=O)CCN(Cc1ccccc1)C[C@H]1C[C@@H](OCc2ccccc2)CN1C(=O)O. The number of likely N-dealkylation sites (tertiary alicyclic amines) is 1. The van der Waals surface area contributed by atoms with E-state index in [4.69, 9.17) is 9.47 Å². The molecule has 1 aliphatic heterocycles. The van der Waals surface area contributed by atoms with Gasteiger partial charge in [0.1, 0.15) is 0 Å². The zero-order valence-electron chi connectivity index (χ0n) is 18.6. The molecular weight excluding hydrogens is 408 g/mol. The highest BCUT2D eigenvalue weighted by Crippen LogP contribution is 2.23. The highest BCUT2D eigenvalue weighted by Gasteiger charge is 2.36. The molecule has 7 nitrogen and oxygen atoms in total. The lowest BCUT2D eigenvalue weighted by atomic mass is 10.1. The smallest absolute Gasteiger partial charge is 0.407 e. The second-order valence-corrected chi connectivity index (χ2v) is 8.02. The van der Waals surface area contributed by atoms with Gasteiger partial charge in [0.05, 0.1) is 38.3 Å². The van der Waals surface area contributed by atoms with Gasteiger partial charge in [-0.25, -0.2) is 4.79 Å². The molecule has 0 saturated carbocycles. The first kappa shape index (κ1) is 23.8. The first-order valence-corrected chi connectivity index (χ1v) is 11.1. The molecule has 0 unspecified atom stereocenters. The summed E-state index contributed by atoms with van der Waals surface area (Å²) in [5.41, 5.74) is 2.19. The number of nitrogens with zero attached hydrogens (tertiary/aromatic N) is 2. The normalized spacial score (nSPS) is 18.1. The summed E-state index contributed by atoms with van der Waals surface area (Å²) in [4.78, 5) is 27.4. The van der Waals surface area contributed by atoms with Gasteiger partial charge in [0.15, 0.2) is 0 Å². The molecule has 0 radical (unpaired) electrons. The number of hydrogen-bond acceptors (Lipinski definition) is 5. The van der Waals surface area contributed by atoms with E-state index in [0.717, 1.165) is 11.1 Å². The second kappa shape index (κ2) is 12.2. The van der Waals surface area contributed by atoms with E-state index in [0.29, 0.717) is 45.8 Å². The predicted octanol–water partition coefficient (Wildman–Crippen LogP) is 3.78. The van der Waals surface area contributed by atoms with Crippen LogP contribution >= 0.6 is 0 Å². The highest BCUT2D eigenvalue weighted by atomic mass is 16.5. The van der Waals surface area contributed by atoms with Crippen molar-refractivity contribution >= 4 is 12.1 Å². The number of amides is 1. The maximum atomic E-state index is 11.9. The van der Waals surface area contributed by atoms with Crippen molar-refractivity contribution in [3.05, 3.63) is 71.8 Å². The average molecular weight is 441 g/mol. The monoisotopic (exact) mass is 440 g/mol. The molecule has 0 aliphatic carbocycles. The van der Waals surface area contributed by atoms with E-state index in [1.807, 2.05) is 60.7 Å². The van der Waals surface area contributed by atoms with Crippen molar-refractivity contribution < 1.29 is 24.2 Å². The third-order valence-electron chi connectivity index (χ3n) is 5.61. The van der Waals surface area contributed by atoms with Gasteiger partial charge in [-0.2, -0.15) is 0 Å². The van der Waals surface area contributed by atoms with Crippen LogP contribution in [0.25, 0.3) is 0 Å². The molecule has 0 spiro atoms. The Bertz CT molecular complexity index is 846. The molecule has 7 heteroatoms. The molecule has 0 aromatic heterocycles. The summed E-state index contributed by atoms with van der Waals surface area (Å²) in [6.07, 6.45) is -0.191. The summed E-state index contributed by atoms with van der Waals surface area (Å²) in [6.45, 7) is 4.64. The molecule has 1 N–H and O–H groups in total. The maximum absolute atomic E-state index is 11.9. The van der Waals surface area contributed by atoms with E-state index < -0.39 is 6.09 Å². The largest absolute Gasteiger partial charge is 0.466 e. The van der Waals surface area contributed by atoms with E-state index in [1.165, 1.54) is 4.90 Å². The molecular formula is C25H32N2O5. The summed E-state index contributed by atoms with van der Waals surface area (Å²) in [7, 11) is 0. The van der Waals surface area contributed by atoms with Crippen LogP contribution in [0.15, 0.2) is 60.7 Å². The Balaban J connectivity index is 1.63. The van der Waals surface area contributed by atoms with E-state index in [-0.39, 0.29) is 24.5 Å². The van der Waals surface area contributed by atoms with Gasteiger partial charge in [0, 0.05) is 19.6 Å². The summed E-state index contributed by atoms with van der Waals surface area (Å²) < 4.78 is 11.1. The molecule has 2 aromatic rings. The van der Waals surface area contributed by atoms with Crippen LogP contribution < -0.4 is 0 Å². The average Bonchev–Trinajstić information content (AvgIpc) is 3.21. The summed E-state index contributed by atoms with van der Waals surface area (Å²) in [6, 6.07) is 19.7. The van der Waals surface area contributed by atoms with Crippen molar-refractivity contribution in [1.82, 2.24) is 9.80 Å². The standard InChI is InChI=1S/C25H32N2O5/c1-2-31-24(28)13-14-26(16-20-9-5-3-6-10-20)17-22-15-23(18-27(22)25(29)30)32-19-21-11-7-4-8-12-21/h3-12,22-23H,2,13-19H2,1H3,(H,29,30)/t22-,23-/m1/s1. The van der Waals surface area contributed by atoms with Crippen molar-refractivity contribution in [1.29, 1.82) is 0 Å². The van der Waals surface area contributed by atoms with Gasteiger partial charge < -0.3 is 19.5 Å². The Kier molecular flexibility index (Phi) is 9.07. The highest BCUT2D eigenvalue weighted by molar-refractivity contribution is 5.69. The minimum atomic E-state index is -0.939. The minimum absolute atomic E-state index is 0.153. The van der Waals surface area contributed by atoms with E-state index >= 15 is 0 Å². The van der Waals surface area contributed by atoms with Gasteiger partial charge in [0.25, 0.3) is 0 Å². The van der Waals surface area contributed by atoms with Crippen LogP contribution in [0.5, 0.6) is 0 Å². The molecule has 2 aromatic carbocycles. The topological polar surface area (TPSA) is 79.3 Å². The zero-order valence-corrected chi connectivity index (χ0v) is 18.6. The Morgan fingerprint density at radius 3 is 2.34 bits per heavy atom. The minimum Gasteiger partial charge on any atom is -0.466 e. The number of carboxylic acid groups (broad SMARTS) is 1. The van der Waals surface area contributed by atoms with Gasteiger partial charge in [-0.3, -0.25) is 9.69 Å². The molecule has 172 valence electrons. The second-order valence-electron chi connectivity index (χ2n) is 8.02. The van der Waals surface area contributed by atoms with Crippen molar-refractivity contribution in [2.45, 2.75) is 45.1 Å².